The van der Waals surface area contributed by atoms with E-state index in [0.29, 0.717) is 28.8 Å². The lowest BCUT2D eigenvalue weighted by atomic mass is 10.2. The van der Waals surface area contributed by atoms with Crippen molar-refractivity contribution in [2.24, 2.45) is 4.36 Å². The summed E-state index contributed by atoms with van der Waals surface area (Å²) in [4.78, 5) is 5.04. The average Bonchev–Trinajstić information content (AvgIpc) is 2.97. The van der Waals surface area contributed by atoms with Crippen molar-refractivity contribution < 1.29 is 4.21 Å². The first-order chi connectivity index (χ1) is 12.5. The molecule has 0 aliphatic carbocycles. The molecule has 8 heteroatoms. The summed E-state index contributed by atoms with van der Waals surface area (Å²) in [5, 5.41) is 8.68. The molecule has 26 heavy (non-hydrogen) atoms. The number of nitrogens with zero attached hydrogens (tertiary/aromatic N) is 4. The van der Waals surface area contributed by atoms with Gasteiger partial charge in [0, 0.05) is 30.9 Å². The molecule has 0 aliphatic heterocycles. The lowest BCUT2D eigenvalue weighted by molar-refractivity contribution is 0.680. The number of pyridine rings is 1. The first-order valence-corrected chi connectivity index (χ1v) is 10.1. The standard InChI is InChI=1S/C18H18ClN5OS/c1-4-11-24-18-16(17(19)23-24)15(9-10-21-18)22-12-13-5-7-14(8-6-13)26(3,25)20-2/h1,5-10H,11-12H2,2-3H3,(H,21,22). The molecule has 0 radical (unpaired) electrons. The predicted molar refractivity (Wildman–Crippen MR) is 106 cm³/mol. The number of aromatic nitrogens is 3. The smallest absolute Gasteiger partial charge is 0.162 e. The van der Waals surface area contributed by atoms with Gasteiger partial charge >= 0.3 is 0 Å². The number of nitrogens with one attached hydrogen (secondary N) is 1. The Morgan fingerprint density at radius 2 is 2.08 bits per heavy atom. The second kappa shape index (κ2) is 7.36. The van der Waals surface area contributed by atoms with Gasteiger partial charge in [0.05, 0.1) is 20.8 Å². The van der Waals surface area contributed by atoms with Crippen LogP contribution in [0.15, 0.2) is 45.8 Å². The molecule has 1 aromatic carbocycles. The highest BCUT2D eigenvalue weighted by atomic mass is 35.5. The van der Waals surface area contributed by atoms with Crippen LogP contribution in [0, 0.1) is 12.3 Å². The Balaban J connectivity index is 1.84. The summed E-state index contributed by atoms with van der Waals surface area (Å²) in [5.74, 6) is 2.54. The second-order valence-corrected chi connectivity index (χ2v) is 8.49. The highest BCUT2D eigenvalue weighted by molar-refractivity contribution is 7.93. The molecule has 0 aliphatic rings. The monoisotopic (exact) mass is 387 g/mol. The highest BCUT2D eigenvalue weighted by Crippen LogP contribution is 2.29. The normalized spacial score (nSPS) is 13.2. The molecule has 2 aromatic heterocycles. The molecule has 1 unspecified atom stereocenters. The van der Waals surface area contributed by atoms with Crippen LogP contribution >= 0.6 is 11.6 Å². The summed E-state index contributed by atoms with van der Waals surface area (Å²) >= 11 is 6.26. The predicted octanol–water partition coefficient (Wildman–Crippen LogP) is 3.42. The topological polar surface area (TPSA) is 72.2 Å². The Morgan fingerprint density at radius 3 is 2.73 bits per heavy atom. The summed E-state index contributed by atoms with van der Waals surface area (Å²) in [6.45, 7) is 0.879. The molecule has 0 saturated heterocycles. The van der Waals surface area contributed by atoms with Gasteiger partial charge in [0.1, 0.15) is 6.54 Å². The summed E-state index contributed by atoms with van der Waals surface area (Å²) < 4.78 is 17.8. The van der Waals surface area contributed by atoms with Gasteiger partial charge in [0.15, 0.2) is 10.8 Å². The Kier molecular flexibility index (Phi) is 5.16. The Labute approximate surface area is 157 Å². The first kappa shape index (κ1) is 18.2. The minimum absolute atomic E-state index is 0.305. The lowest BCUT2D eigenvalue weighted by Crippen LogP contribution is -2.02. The van der Waals surface area contributed by atoms with Gasteiger partial charge in [-0.15, -0.1) is 6.42 Å². The molecule has 1 N–H and O–H groups in total. The van der Waals surface area contributed by atoms with Gasteiger partial charge in [0.2, 0.25) is 0 Å². The van der Waals surface area contributed by atoms with Crippen LogP contribution in [0.2, 0.25) is 5.15 Å². The van der Waals surface area contributed by atoms with Crippen LogP contribution in [0.5, 0.6) is 0 Å². The summed E-state index contributed by atoms with van der Waals surface area (Å²) in [5.41, 5.74) is 2.51. The minimum Gasteiger partial charge on any atom is -0.380 e. The maximum Gasteiger partial charge on any atom is 0.162 e. The molecular weight excluding hydrogens is 370 g/mol. The fraction of sp³-hybridized carbons (Fsp3) is 0.222. The Morgan fingerprint density at radius 1 is 1.35 bits per heavy atom. The van der Waals surface area contributed by atoms with Crippen LogP contribution in [-0.4, -0.2) is 32.3 Å². The van der Waals surface area contributed by atoms with Gasteiger partial charge in [-0.05, 0) is 23.8 Å². The number of rotatable bonds is 5. The van der Waals surface area contributed by atoms with E-state index in [2.05, 4.69) is 25.7 Å². The van der Waals surface area contributed by atoms with Crippen molar-refractivity contribution in [2.45, 2.75) is 18.0 Å². The molecule has 0 spiro atoms. The fourth-order valence-electron chi connectivity index (χ4n) is 2.56. The van der Waals surface area contributed by atoms with Crippen LogP contribution in [0.3, 0.4) is 0 Å². The highest BCUT2D eigenvalue weighted by Gasteiger charge is 2.13. The van der Waals surface area contributed by atoms with E-state index < -0.39 is 9.73 Å². The number of hydrogen-bond acceptors (Lipinski definition) is 5. The van der Waals surface area contributed by atoms with Gasteiger partial charge in [-0.3, -0.25) is 0 Å². The number of hydrogen-bond donors (Lipinski definition) is 1. The van der Waals surface area contributed by atoms with Gasteiger partial charge < -0.3 is 5.32 Å². The third kappa shape index (κ3) is 3.52. The SMILES string of the molecule is C#CCn1nc(Cl)c2c(NCc3ccc(S(C)(=O)=NC)cc3)ccnc21. The van der Waals surface area contributed by atoms with Crippen LogP contribution in [0.25, 0.3) is 11.0 Å². The summed E-state index contributed by atoms with van der Waals surface area (Å²) in [6, 6.07) is 9.38. The van der Waals surface area contributed by atoms with E-state index in [1.807, 2.05) is 30.3 Å². The van der Waals surface area contributed by atoms with Gasteiger partial charge in [-0.25, -0.2) is 18.2 Å². The van der Waals surface area contributed by atoms with Crippen LogP contribution in [0.1, 0.15) is 5.56 Å². The Bertz CT molecular complexity index is 1110. The van der Waals surface area contributed by atoms with E-state index in [-0.39, 0.29) is 0 Å². The lowest BCUT2D eigenvalue weighted by Gasteiger charge is -2.09. The van der Waals surface area contributed by atoms with Crippen molar-refractivity contribution in [1.29, 1.82) is 0 Å². The van der Waals surface area contributed by atoms with Gasteiger partial charge in [0.25, 0.3) is 0 Å². The average molecular weight is 388 g/mol. The summed E-state index contributed by atoms with van der Waals surface area (Å²) in [6.07, 6.45) is 8.68. The fourth-order valence-corrected chi connectivity index (χ4v) is 3.69. The maximum atomic E-state index is 12.3. The molecule has 3 aromatic rings. The molecule has 0 fully saturated rings. The molecule has 0 bridgehead atoms. The Hall–Kier alpha value is -2.56. The van der Waals surface area contributed by atoms with E-state index in [1.165, 1.54) is 0 Å². The number of halogens is 1. The van der Waals surface area contributed by atoms with Crippen LogP contribution in [0.4, 0.5) is 5.69 Å². The zero-order chi connectivity index (χ0) is 18.7. The van der Waals surface area contributed by atoms with E-state index in [4.69, 9.17) is 18.0 Å². The van der Waals surface area contributed by atoms with Crippen LogP contribution < -0.4 is 5.32 Å². The molecule has 0 amide bonds. The summed E-state index contributed by atoms with van der Waals surface area (Å²) in [7, 11) is -0.751. The zero-order valence-corrected chi connectivity index (χ0v) is 16.0. The van der Waals surface area contributed by atoms with Crippen molar-refractivity contribution in [3.05, 3.63) is 47.2 Å². The van der Waals surface area contributed by atoms with Crippen molar-refractivity contribution in [2.75, 3.05) is 18.6 Å². The third-order valence-corrected chi connectivity index (χ3v) is 6.13. The number of anilines is 1. The molecule has 2 heterocycles. The van der Waals surface area contributed by atoms with E-state index in [0.717, 1.165) is 16.6 Å². The minimum atomic E-state index is -2.32. The van der Waals surface area contributed by atoms with Crippen LogP contribution in [-0.2, 0) is 22.8 Å². The molecule has 3 rings (SSSR count). The number of terminal acetylenes is 1. The maximum absolute atomic E-state index is 12.3. The van der Waals surface area contributed by atoms with Crippen molar-refractivity contribution >= 4 is 38.1 Å². The zero-order valence-electron chi connectivity index (χ0n) is 14.4. The third-order valence-electron chi connectivity index (χ3n) is 4.02. The van der Waals surface area contributed by atoms with E-state index in [9.17, 15) is 4.21 Å². The molecule has 6 nitrogen and oxygen atoms in total. The van der Waals surface area contributed by atoms with Crippen molar-refractivity contribution in [1.82, 2.24) is 14.8 Å². The first-order valence-electron chi connectivity index (χ1n) is 7.84. The molecule has 134 valence electrons. The largest absolute Gasteiger partial charge is 0.380 e. The molecule has 1 atom stereocenters. The quantitative estimate of drug-likeness (QED) is 0.681. The van der Waals surface area contributed by atoms with Gasteiger partial charge in [-0.2, -0.15) is 5.10 Å². The second-order valence-electron chi connectivity index (χ2n) is 5.69. The molecule has 0 saturated carbocycles. The van der Waals surface area contributed by atoms with Crippen molar-refractivity contribution in [3.63, 3.8) is 0 Å². The van der Waals surface area contributed by atoms with E-state index in [1.54, 1.807) is 24.2 Å². The number of benzene rings is 1. The van der Waals surface area contributed by atoms with Crippen molar-refractivity contribution in [3.8, 4) is 12.3 Å². The van der Waals surface area contributed by atoms with E-state index >= 15 is 0 Å². The molecular formula is C18H18ClN5OS. The van der Waals surface area contributed by atoms with Gasteiger partial charge in [-0.1, -0.05) is 29.7 Å². The number of fused-ring (bicyclic) bond motifs is 1.